The molecule has 0 saturated heterocycles. The first-order chi connectivity index (χ1) is 17.4. The summed E-state index contributed by atoms with van der Waals surface area (Å²) in [5, 5.41) is 3.54. The van der Waals surface area contributed by atoms with E-state index in [2.05, 4.69) is 110 Å². The molecule has 0 heterocycles. The summed E-state index contributed by atoms with van der Waals surface area (Å²) in [5.74, 6) is 1.81. The maximum absolute atomic E-state index is 6.81. The van der Waals surface area contributed by atoms with Gasteiger partial charge < -0.3 is 19.3 Å². The molecule has 0 aliphatic heterocycles. The molecule has 5 nitrogen and oxygen atoms in total. The van der Waals surface area contributed by atoms with E-state index in [9.17, 15) is 0 Å². The lowest BCUT2D eigenvalue weighted by Crippen LogP contribution is -2.31. The molecule has 0 unspecified atom stereocenters. The third kappa shape index (κ3) is 8.98. The highest BCUT2D eigenvalue weighted by Crippen LogP contribution is 2.48. The van der Waals surface area contributed by atoms with Crippen molar-refractivity contribution in [1.82, 2.24) is 14.5 Å². The second-order valence-electron chi connectivity index (χ2n) is 12.6. The number of benzene rings is 2. The minimum Gasteiger partial charge on any atom is -0.491 e. The smallest absolute Gasteiger partial charge is 0.132 e. The number of hydrogen-bond donors (Lipinski definition) is 0. The van der Waals surface area contributed by atoms with Gasteiger partial charge in [0.1, 0.15) is 24.7 Å². The average molecular weight is 585 g/mol. The number of nitrogens with zero attached hydrogens (tertiary/aromatic N) is 3. The summed E-state index contributed by atoms with van der Waals surface area (Å²) in [6, 6.07) is 8.22. The van der Waals surface area contributed by atoms with Crippen LogP contribution in [0.1, 0.15) is 52.7 Å². The highest BCUT2D eigenvalue weighted by molar-refractivity contribution is 7.71. The molecule has 2 aromatic rings. The summed E-state index contributed by atoms with van der Waals surface area (Å²) >= 11 is 13.6. The van der Waals surface area contributed by atoms with Gasteiger partial charge in [-0.3, -0.25) is 4.67 Å². The maximum atomic E-state index is 6.81. The Kier molecular flexibility index (Phi) is 11.8. The largest absolute Gasteiger partial charge is 0.491 e. The maximum Gasteiger partial charge on any atom is 0.132 e. The Bertz CT molecular complexity index is 995. The van der Waals surface area contributed by atoms with Crippen LogP contribution in [0.3, 0.4) is 0 Å². The first kappa shape index (κ1) is 33.1. The Balaban J connectivity index is 2.88. The Hall–Kier alpha value is -1.07. The highest BCUT2D eigenvalue weighted by atomic mass is 35.5. The molecule has 0 aliphatic carbocycles. The van der Waals surface area contributed by atoms with Gasteiger partial charge in [-0.05, 0) is 77.4 Å². The van der Waals surface area contributed by atoms with Crippen molar-refractivity contribution >= 4 is 41.9 Å². The number of halogens is 2. The topological polar surface area (TPSA) is 28.2 Å². The van der Waals surface area contributed by atoms with Crippen LogP contribution in [0.5, 0.6) is 11.5 Å². The van der Waals surface area contributed by atoms with Crippen molar-refractivity contribution in [1.29, 1.82) is 0 Å². The van der Waals surface area contributed by atoms with Gasteiger partial charge in [-0.15, -0.1) is 0 Å². The van der Waals surface area contributed by atoms with Crippen molar-refractivity contribution in [3.05, 3.63) is 45.4 Å². The van der Waals surface area contributed by atoms with Gasteiger partial charge in [0.05, 0.1) is 0 Å². The van der Waals surface area contributed by atoms with Crippen molar-refractivity contribution in [3.63, 3.8) is 0 Å². The van der Waals surface area contributed by atoms with Crippen molar-refractivity contribution in [2.24, 2.45) is 0 Å². The van der Waals surface area contributed by atoms with Gasteiger partial charge in [0.25, 0.3) is 0 Å². The van der Waals surface area contributed by atoms with E-state index in [1.165, 1.54) is 0 Å². The van der Waals surface area contributed by atoms with Crippen molar-refractivity contribution in [2.45, 2.75) is 52.4 Å². The van der Waals surface area contributed by atoms with Crippen LogP contribution in [0.4, 0.5) is 0 Å². The molecule has 0 bridgehead atoms. The fraction of sp³-hybridized carbons (Fsp3) is 0.600. The molecular formula is C30H48Cl2N3O2P. The van der Waals surface area contributed by atoms with Crippen LogP contribution in [-0.4, -0.2) is 83.1 Å². The van der Waals surface area contributed by atoms with Crippen LogP contribution in [0.15, 0.2) is 24.3 Å². The molecular weight excluding hydrogens is 536 g/mol. The number of ether oxygens (including phenoxy) is 2. The summed E-state index contributed by atoms with van der Waals surface area (Å²) in [7, 11) is 11.3. The molecule has 0 amide bonds. The third-order valence-electron chi connectivity index (χ3n) is 6.11. The Morgan fingerprint density at radius 1 is 0.632 bits per heavy atom. The van der Waals surface area contributed by atoms with Crippen LogP contribution in [-0.2, 0) is 10.8 Å². The van der Waals surface area contributed by atoms with Gasteiger partial charge in [0.15, 0.2) is 0 Å². The van der Waals surface area contributed by atoms with Crippen molar-refractivity contribution < 1.29 is 9.47 Å². The van der Waals surface area contributed by atoms with Crippen LogP contribution in [0, 0.1) is 0 Å². The standard InChI is InChI=1S/C30H48Cl2N3O2P/c1-29(2,3)23-17-21(31)19-25(27(23)36-15-13-33(7)8)38(35(11)12)26-20-22(32)18-24(30(4,5)6)28(26)37-16-14-34(9)10/h17-20H,13-16H2,1-12H3. The lowest BCUT2D eigenvalue weighted by Gasteiger charge is -2.34. The number of hydrogen-bond acceptors (Lipinski definition) is 5. The van der Waals surface area contributed by atoms with Crippen LogP contribution in [0.2, 0.25) is 10.0 Å². The van der Waals surface area contributed by atoms with Crippen LogP contribution >= 0.6 is 31.3 Å². The lowest BCUT2D eigenvalue weighted by molar-refractivity contribution is 0.258. The fourth-order valence-corrected chi connectivity index (χ4v) is 7.10. The van der Waals surface area contributed by atoms with E-state index >= 15 is 0 Å². The third-order valence-corrected chi connectivity index (χ3v) is 8.92. The van der Waals surface area contributed by atoms with E-state index in [1.54, 1.807) is 0 Å². The molecule has 0 radical (unpaired) electrons. The summed E-state index contributed by atoms with van der Waals surface area (Å²) in [6.07, 6.45) is 0. The first-order valence-electron chi connectivity index (χ1n) is 13.1. The Morgan fingerprint density at radius 3 is 1.24 bits per heavy atom. The van der Waals surface area contributed by atoms with E-state index in [0.717, 1.165) is 46.3 Å². The molecule has 2 aromatic carbocycles. The second kappa shape index (κ2) is 13.5. The van der Waals surface area contributed by atoms with E-state index < -0.39 is 8.07 Å². The molecule has 8 heteroatoms. The van der Waals surface area contributed by atoms with E-state index in [1.807, 2.05) is 12.1 Å². The quantitative estimate of drug-likeness (QED) is 0.286. The summed E-state index contributed by atoms with van der Waals surface area (Å²) in [4.78, 5) is 4.26. The van der Waals surface area contributed by atoms with Gasteiger partial charge in [0.2, 0.25) is 0 Å². The highest BCUT2D eigenvalue weighted by Gasteiger charge is 2.33. The van der Waals surface area contributed by atoms with Gasteiger partial charge >= 0.3 is 0 Å². The fourth-order valence-electron chi connectivity index (χ4n) is 4.11. The predicted octanol–water partition coefficient (Wildman–Crippen LogP) is 6.38. The zero-order chi connectivity index (χ0) is 29.0. The molecule has 2 rings (SSSR count). The van der Waals surface area contributed by atoms with Gasteiger partial charge in [0, 0.05) is 52.9 Å². The van der Waals surface area contributed by atoms with Crippen molar-refractivity contribution in [2.75, 3.05) is 68.6 Å². The summed E-state index contributed by atoms with van der Waals surface area (Å²) < 4.78 is 15.5. The first-order valence-corrected chi connectivity index (χ1v) is 15.2. The monoisotopic (exact) mass is 583 g/mol. The van der Waals surface area contributed by atoms with E-state index in [4.69, 9.17) is 32.7 Å². The molecule has 0 fully saturated rings. The van der Waals surface area contributed by atoms with Gasteiger partial charge in [-0.1, -0.05) is 64.7 Å². The predicted molar refractivity (Wildman–Crippen MR) is 168 cm³/mol. The zero-order valence-corrected chi connectivity index (χ0v) is 27.9. The molecule has 0 N–H and O–H groups in total. The minimum atomic E-state index is -1.09. The normalized spacial score (nSPS) is 12.8. The van der Waals surface area contributed by atoms with E-state index in [-0.39, 0.29) is 10.8 Å². The minimum absolute atomic E-state index is 0.156. The van der Waals surface area contributed by atoms with Gasteiger partial charge in [-0.25, -0.2) is 0 Å². The summed E-state index contributed by atoms with van der Waals surface area (Å²) in [5.41, 5.74) is 1.88. The van der Waals surface area contributed by atoms with Crippen molar-refractivity contribution in [3.8, 4) is 11.5 Å². The van der Waals surface area contributed by atoms with E-state index in [0.29, 0.717) is 23.3 Å². The Morgan fingerprint density at radius 2 is 0.974 bits per heavy atom. The van der Waals surface area contributed by atoms with Gasteiger partial charge in [-0.2, -0.15) is 0 Å². The van der Waals surface area contributed by atoms with Crippen LogP contribution < -0.4 is 20.1 Å². The molecule has 38 heavy (non-hydrogen) atoms. The lowest BCUT2D eigenvalue weighted by atomic mass is 9.86. The number of rotatable bonds is 11. The summed E-state index contributed by atoms with van der Waals surface area (Å²) in [6.45, 7) is 16.0. The SMILES string of the molecule is CN(C)CCOc1c(P(c2cc(Cl)cc(C(C)(C)C)c2OCCN(C)C)N(C)C)cc(Cl)cc1C(C)(C)C. The molecule has 0 atom stereocenters. The average Bonchev–Trinajstić information content (AvgIpc) is 2.74. The molecule has 214 valence electrons. The second-order valence-corrected chi connectivity index (χ2v) is 15.8. The number of likely N-dealkylation sites (N-methyl/N-ethyl adjacent to an activating group) is 2. The van der Waals surface area contributed by atoms with Crippen LogP contribution in [0.25, 0.3) is 0 Å². The Labute approximate surface area is 243 Å². The molecule has 0 spiro atoms. The molecule has 0 aromatic heterocycles. The zero-order valence-electron chi connectivity index (χ0n) is 25.5. The molecule has 0 aliphatic rings. The molecule has 0 saturated carbocycles.